The molecule has 1 N–H and O–H groups in total. The Morgan fingerprint density at radius 1 is 1.24 bits per heavy atom. The third-order valence-electron chi connectivity index (χ3n) is 2.97. The van der Waals surface area contributed by atoms with Gasteiger partial charge in [-0.1, -0.05) is 12.1 Å². The van der Waals surface area contributed by atoms with Gasteiger partial charge >= 0.3 is 0 Å². The average Bonchev–Trinajstić information content (AvgIpc) is 2.80. The predicted octanol–water partition coefficient (Wildman–Crippen LogP) is 2.02. The Hall–Kier alpha value is -0.970. The fourth-order valence-electron chi connectivity index (χ4n) is 2.11. The molecule has 0 radical (unpaired) electrons. The molecule has 1 aromatic rings. The highest BCUT2D eigenvalue weighted by Gasteiger charge is 2.37. The molecule has 0 atom stereocenters. The number of rotatable bonds is 5. The Labute approximate surface area is 101 Å². The second kappa shape index (κ2) is 5.58. The average molecular weight is 239 g/mol. The zero-order valence-corrected chi connectivity index (χ0v) is 10.0. The third kappa shape index (κ3) is 2.83. The molecule has 0 amide bonds. The summed E-state index contributed by atoms with van der Waals surface area (Å²) in [5, 5.41) is 3.10. The van der Waals surface area contributed by atoms with Crippen LogP contribution >= 0.6 is 0 Å². The Bertz CT molecular complexity index is 347. The maximum atomic E-state index is 12.9. The second-order valence-electron chi connectivity index (χ2n) is 4.16. The summed E-state index contributed by atoms with van der Waals surface area (Å²) in [6.07, 6.45) is 1.73. The van der Waals surface area contributed by atoms with Gasteiger partial charge in [0.05, 0.1) is 13.2 Å². The molecular formula is C13H18FNO2. The lowest BCUT2D eigenvalue weighted by molar-refractivity contribution is -0.171. The van der Waals surface area contributed by atoms with E-state index in [1.807, 2.05) is 7.05 Å². The minimum Gasteiger partial charge on any atom is -0.343 e. The Kier molecular flexibility index (Phi) is 4.10. The van der Waals surface area contributed by atoms with Crippen molar-refractivity contribution in [2.75, 3.05) is 26.8 Å². The first kappa shape index (κ1) is 12.5. The first-order valence-electron chi connectivity index (χ1n) is 5.95. The summed E-state index contributed by atoms with van der Waals surface area (Å²) in [6, 6.07) is 6.36. The maximum Gasteiger partial charge on any atom is 0.195 e. The molecule has 0 spiro atoms. The summed E-state index contributed by atoms with van der Waals surface area (Å²) >= 11 is 0. The van der Waals surface area contributed by atoms with Gasteiger partial charge in [-0.15, -0.1) is 0 Å². The zero-order chi connectivity index (χ0) is 12.1. The molecule has 1 aromatic carbocycles. The standard InChI is InChI=1S/C13H18FNO2/c1-15-8-2-7-13(16-9-10-17-13)11-3-5-12(14)6-4-11/h3-6,15H,2,7-10H2,1H3. The van der Waals surface area contributed by atoms with Crippen LogP contribution in [0.2, 0.25) is 0 Å². The van der Waals surface area contributed by atoms with Gasteiger partial charge in [0.1, 0.15) is 5.82 Å². The predicted molar refractivity (Wildman–Crippen MR) is 63.1 cm³/mol. The van der Waals surface area contributed by atoms with Crippen LogP contribution in [-0.4, -0.2) is 26.8 Å². The molecular weight excluding hydrogens is 221 g/mol. The van der Waals surface area contributed by atoms with Crippen molar-refractivity contribution in [3.05, 3.63) is 35.6 Å². The normalized spacial score (nSPS) is 18.5. The molecule has 1 aliphatic heterocycles. The number of ether oxygens (including phenoxy) is 2. The van der Waals surface area contributed by atoms with Crippen LogP contribution < -0.4 is 5.32 Å². The highest BCUT2D eigenvalue weighted by atomic mass is 19.1. The molecule has 17 heavy (non-hydrogen) atoms. The summed E-state index contributed by atoms with van der Waals surface area (Å²) in [6.45, 7) is 2.10. The van der Waals surface area contributed by atoms with E-state index in [2.05, 4.69) is 5.32 Å². The lowest BCUT2D eigenvalue weighted by Crippen LogP contribution is -2.28. The molecule has 0 bridgehead atoms. The van der Waals surface area contributed by atoms with E-state index in [0.717, 1.165) is 24.9 Å². The number of benzene rings is 1. The van der Waals surface area contributed by atoms with Crippen LogP contribution in [0.15, 0.2) is 24.3 Å². The monoisotopic (exact) mass is 239 g/mol. The third-order valence-corrected chi connectivity index (χ3v) is 2.97. The van der Waals surface area contributed by atoms with Crippen LogP contribution in [0.25, 0.3) is 0 Å². The number of halogens is 1. The van der Waals surface area contributed by atoms with Crippen LogP contribution in [0, 0.1) is 5.82 Å². The van der Waals surface area contributed by atoms with E-state index in [1.54, 1.807) is 12.1 Å². The Morgan fingerprint density at radius 2 is 1.88 bits per heavy atom. The molecule has 1 aliphatic rings. The molecule has 1 saturated heterocycles. The Morgan fingerprint density at radius 3 is 2.47 bits per heavy atom. The van der Waals surface area contributed by atoms with Crippen molar-refractivity contribution in [2.24, 2.45) is 0 Å². The fraction of sp³-hybridized carbons (Fsp3) is 0.538. The van der Waals surface area contributed by atoms with Gasteiger partial charge in [-0.25, -0.2) is 4.39 Å². The first-order chi connectivity index (χ1) is 8.27. The summed E-state index contributed by atoms with van der Waals surface area (Å²) < 4.78 is 24.4. The van der Waals surface area contributed by atoms with E-state index >= 15 is 0 Å². The SMILES string of the molecule is CNCCCC1(c2ccc(F)cc2)OCCO1. The van der Waals surface area contributed by atoms with E-state index in [1.165, 1.54) is 12.1 Å². The van der Waals surface area contributed by atoms with Crippen molar-refractivity contribution < 1.29 is 13.9 Å². The van der Waals surface area contributed by atoms with Gasteiger partial charge in [0, 0.05) is 12.0 Å². The molecule has 1 fully saturated rings. The fourth-order valence-corrected chi connectivity index (χ4v) is 2.11. The number of hydrogen-bond acceptors (Lipinski definition) is 3. The molecule has 94 valence electrons. The van der Waals surface area contributed by atoms with E-state index in [4.69, 9.17) is 9.47 Å². The van der Waals surface area contributed by atoms with Crippen molar-refractivity contribution in [1.29, 1.82) is 0 Å². The van der Waals surface area contributed by atoms with Crippen LogP contribution in [0.3, 0.4) is 0 Å². The van der Waals surface area contributed by atoms with Crippen molar-refractivity contribution >= 4 is 0 Å². The van der Waals surface area contributed by atoms with Gasteiger partial charge in [0.25, 0.3) is 0 Å². The zero-order valence-electron chi connectivity index (χ0n) is 10.0. The summed E-state index contributed by atoms with van der Waals surface area (Å²) in [4.78, 5) is 0. The van der Waals surface area contributed by atoms with Gasteiger partial charge in [-0.2, -0.15) is 0 Å². The highest BCUT2D eigenvalue weighted by molar-refractivity contribution is 5.21. The second-order valence-corrected chi connectivity index (χ2v) is 4.16. The molecule has 0 unspecified atom stereocenters. The smallest absolute Gasteiger partial charge is 0.195 e. The summed E-state index contributed by atoms with van der Waals surface area (Å²) in [5.41, 5.74) is 0.896. The quantitative estimate of drug-likeness (QED) is 0.797. The van der Waals surface area contributed by atoms with Gasteiger partial charge in [-0.05, 0) is 32.1 Å². The van der Waals surface area contributed by atoms with Gasteiger partial charge in [-0.3, -0.25) is 0 Å². The van der Waals surface area contributed by atoms with Crippen LogP contribution in [-0.2, 0) is 15.3 Å². The van der Waals surface area contributed by atoms with Crippen molar-refractivity contribution in [1.82, 2.24) is 5.32 Å². The van der Waals surface area contributed by atoms with E-state index in [-0.39, 0.29) is 5.82 Å². The summed E-state index contributed by atoms with van der Waals surface area (Å²) in [5.74, 6) is -0.915. The van der Waals surface area contributed by atoms with E-state index in [0.29, 0.717) is 13.2 Å². The minimum absolute atomic E-state index is 0.239. The first-order valence-corrected chi connectivity index (χ1v) is 5.95. The van der Waals surface area contributed by atoms with Crippen molar-refractivity contribution in [2.45, 2.75) is 18.6 Å². The molecule has 1 heterocycles. The lowest BCUT2D eigenvalue weighted by atomic mass is 10.0. The Balaban J connectivity index is 2.12. The molecule has 4 heteroatoms. The van der Waals surface area contributed by atoms with E-state index < -0.39 is 5.79 Å². The highest BCUT2D eigenvalue weighted by Crippen LogP contribution is 2.35. The van der Waals surface area contributed by atoms with Crippen LogP contribution in [0.4, 0.5) is 4.39 Å². The largest absolute Gasteiger partial charge is 0.343 e. The topological polar surface area (TPSA) is 30.5 Å². The van der Waals surface area contributed by atoms with Gasteiger partial charge in [0.15, 0.2) is 5.79 Å². The summed E-state index contributed by atoms with van der Waals surface area (Å²) in [7, 11) is 1.92. The van der Waals surface area contributed by atoms with Crippen LogP contribution in [0.1, 0.15) is 18.4 Å². The number of hydrogen-bond donors (Lipinski definition) is 1. The van der Waals surface area contributed by atoms with E-state index in [9.17, 15) is 4.39 Å². The lowest BCUT2D eigenvalue weighted by Gasteiger charge is -2.27. The molecule has 0 aliphatic carbocycles. The van der Waals surface area contributed by atoms with Gasteiger partial charge < -0.3 is 14.8 Å². The minimum atomic E-state index is -0.676. The molecule has 3 nitrogen and oxygen atoms in total. The maximum absolute atomic E-state index is 12.9. The molecule has 2 rings (SSSR count). The van der Waals surface area contributed by atoms with Crippen molar-refractivity contribution in [3.63, 3.8) is 0 Å². The molecule has 0 aromatic heterocycles. The number of nitrogens with one attached hydrogen (secondary N) is 1. The van der Waals surface area contributed by atoms with Crippen molar-refractivity contribution in [3.8, 4) is 0 Å². The van der Waals surface area contributed by atoms with Gasteiger partial charge in [0.2, 0.25) is 0 Å². The molecule has 0 saturated carbocycles. The van der Waals surface area contributed by atoms with Crippen LogP contribution in [0.5, 0.6) is 0 Å².